The molecule has 0 unspecified atom stereocenters. The molecule has 2 rings (SSSR count). The normalized spacial score (nSPS) is 16.9. The summed E-state index contributed by atoms with van der Waals surface area (Å²) in [4.78, 5) is 4.87. The maximum atomic E-state index is 12.9. The maximum Gasteiger partial charge on any atom is 0.123 e. The average molecular weight is 206 g/mol. The molecule has 5 heteroatoms. The van der Waals surface area contributed by atoms with E-state index in [4.69, 9.17) is 5.53 Å². The summed E-state index contributed by atoms with van der Waals surface area (Å²) in [5.74, 6) is -0.209. The fraction of sp³-hybridized carbons (Fsp3) is 0.400. The molecule has 1 aromatic rings. The number of hydrogen-bond acceptors (Lipinski definition) is 2. The van der Waals surface area contributed by atoms with Crippen LogP contribution in [0.1, 0.15) is 5.56 Å². The summed E-state index contributed by atoms with van der Waals surface area (Å²) < 4.78 is 12.9. The molecule has 4 nitrogen and oxygen atoms in total. The molecule has 0 aliphatic carbocycles. The maximum absolute atomic E-state index is 12.9. The van der Waals surface area contributed by atoms with E-state index < -0.39 is 0 Å². The van der Waals surface area contributed by atoms with E-state index in [-0.39, 0.29) is 11.9 Å². The molecule has 0 bridgehead atoms. The molecule has 0 atom stereocenters. The number of nitrogens with zero attached hydrogens (tertiary/aromatic N) is 4. The van der Waals surface area contributed by atoms with Gasteiger partial charge in [0.25, 0.3) is 0 Å². The van der Waals surface area contributed by atoms with E-state index in [9.17, 15) is 4.39 Å². The molecule has 15 heavy (non-hydrogen) atoms. The second-order valence-corrected chi connectivity index (χ2v) is 3.68. The van der Waals surface area contributed by atoms with Gasteiger partial charge < -0.3 is 0 Å². The molecule has 0 N–H and O–H groups in total. The number of benzene rings is 1. The first-order chi connectivity index (χ1) is 7.28. The fourth-order valence-corrected chi connectivity index (χ4v) is 1.71. The molecule has 0 aromatic heterocycles. The predicted molar refractivity (Wildman–Crippen MR) is 54.6 cm³/mol. The van der Waals surface area contributed by atoms with E-state index in [2.05, 4.69) is 14.9 Å². The Kier molecular flexibility index (Phi) is 2.85. The van der Waals surface area contributed by atoms with Crippen molar-refractivity contribution in [2.75, 3.05) is 13.1 Å². The second-order valence-electron chi connectivity index (χ2n) is 3.68. The Morgan fingerprint density at radius 3 is 3.00 bits per heavy atom. The molecule has 1 aliphatic rings. The van der Waals surface area contributed by atoms with Crippen molar-refractivity contribution < 1.29 is 4.39 Å². The highest BCUT2D eigenvalue weighted by molar-refractivity contribution is 5.16. The largest absolute Gasteiger partial charge is 0.298 e. The van der Waals surface area contributed by atoms with Gasteiger partial charge in [-0.1, -0.05) is 17.2 Å². The van der Waals surface area contributed by atoms with Crippen LogP contribution in [0.4, 0.5) is 4.39 Å². The SMILES string of the molecule is [N-]=[N+]=NC1CN(Cc2cccc(F)c2)C1. The first kappa shape index (κ1) is 9.96. The van der Waals surface area contributed by atoms with Crippen molar-refractivity contribution >= 4 is 0 Å². The molecule has 0 saturated carbocycles. The molecular formula is C10H11FN4. The lowest BCUT2D eigenvalue weighted by molar-refractivity contribution is 0.142. The van der Waals surface area contributed by atoms with Gasteiger partial charge in [0.15, 0.2) is 0 Å². The lowest BCUT2D eigenvalue weighted by atomic mass is 10.1. The van der Waals surface area contributed by atoms with Crippen LogP contribution >= 0.6 is 0 Å². The third-order valence-corrected chi connectivity index (χ3v) is 2.45. The third kappa shape index (κ3) is 2.46. The van der Waals surface area contributed by atoms with Gasteiger partial charge >= 0.3 is 0 Å². The monoisotopic (exact) mass is 206 g/mol. The van der Waals surface area contributed by atoms with Crippen LogP contribution in [0.15, 0.2) is 29.4 Å². The zero-order chi connectivity index (χ0) is 10.7. The van der Waals surface area contributed by atoms with Gasteiger partial charge in [0.2, 0.25) is 0 Å². The molecule has 1 saturated heterocycles. The molecule has 1 fully saturated rings. The van der Waals surface area contributed by atoms with E-state index in [0.717, 1.165) is 25.2 Å². The van der Waals surface area contributed by atoms with Crippen LogP contribution in [0.25, 0.3) is 10.4 Å². The van der Waals surface area contributed by atoms with Crippen molar-refractivity contribution in [1.29, 1.82) is 0 Å². The van der Waals surface area contributed by atoms with Crippen molar-refractivity contribution in [2.24, 2.45) is 5.11 Å². The molecule has 0 radical (unpaired) electrons. The zero-order valence-electron chi connectivity index (χ0n) is 8.17. The van der Waals surface area contributed by atoms with Crippen molar-refractivity contribution in [3.63, 3.8) is 0 Å². The third-order valence-electron chi connectivity index (χ3n) is 2.45. The fourth-order valence-electron chi connectivity index (χ4n) is 1.71. The Morgan fingerprint density at radius 1 is 1.53 bits per heavy atom. The van der Waals surface area contributed by atoms with Crippen LogP contribution in [-0.2, 0) is 6.54 Å². The minimum absolute atomic E-state index is 0.0866. The van der Waals surface area contributed by atoms with Crippen molar-refractivity contribution in [1.82, 2.24) is 4.90 Å². The van der Waals surface area contributed by atoms with Crippen molar-refractivity contribution in [3.05, 3.63) is 46.1 Å². The molecule has 1 aliphatic heterocycles. The molecular weight excluding hydrogens is 195 g/mol. The Hall–Kier alpha value is -1.58. The summed E-state index contributed by atoms with van der Waals surface area (Å²) in [7, 11) is 0. The van der Waals surface area contributed by atoms with Crippen LogP contribution in [0.2, 0.25) is 0 Å². The average Bonchev–Trinajstić information content (AvgIpc) is 2.15. The highest BCUT2D eigenvalue weighted by atomic mass is 19.1. The first-order valence-corrected chi connectivity index (χ1v) is 4.79. The van der Waals surface area contributed by atoms with Gasteiger partial charge in [-0.05, 0) is 23.2 Å². The lowest BCUT2D eigenvalue weighted by Gasteiger charge is -2.36. The van der Waals surface area contributed by atoms with Crippen LogP contribution in [0.3, 0.4) is 0 Å². The number of halogens is 1. The molecule has 0 spiro atoms. The summed E-state index contributed by atoms with van der Waals surface area (Å²) in [6.07, 6.45) is 0. The van der Waals surface area contributed by atoms with Crippen LogP contribution in [-0.4, -0.2) is 24.0 Å². The summed E-state index contributed by atoms with van der Waals surface area (Å²) >= 11 is 0. The minimum atomic E-state index is -0.209. The molecule has 1 aromatic carbocycles. The quantitative estimate of drug-likeness (QED) is 0.425. The van der Waals surface area contributed by atoms with E-state index in [1.54, 1.807) is 6.07 Å². The van der Waals surface area contributed by atoms with Gasteiger partial charge in [-0.15, -0.1) is 0 Å². The summed E-state index contributed by atoms with van der Waals surface area (Å²) in [5, 5.41) is 3.60. The molecule has 78 valence electrons. The topological polar surface area (TPSA) is 52.0 Å². The van der Waals surface area contributed by atoms with Gasteiger partial charge in [-0.2, -0.15) is 0 Å². The van der Waals surface area contributed by atoms with Gasteiger partial charge in [0.05, 0.1) is 6.04 Å². The molecule has 0 amide bonds. The van der Waals surface area contributed by atoms with E-state index >= 15 is 0 Å². The Morgan fingerprint density at radius 2 is 2.33 bits per heavy atom. The highest BCUT2D eigenvalue weighted by Crippen LogP contribution is 2.16. The van der Waals surface area contributed by atoms with Crippen LogP contribution in [0.5, 0.6) is 0 Å². The van der Waals surface area contributed by atoms with E-state index in [1.807, 2.05) is 6.07 Å². The lowest BCUT2D eigenvalue weighted by Crippen LogP contribution is -2.48. The Balaban J connectivity index is 1.87. The number of rotatable bonds is 3. The number of hydrogen-bond donors (Lipinski definition) is 0. The van der Waals surface area contributed by atoms with Gasteiger partial charge in [0, 0.05) is 24.5 Å². The minimum Gasteiger partial charge on any atom is -0.298 e. The Labute approximate surface area is 86.9 Å². The summed E-state index contributed by atoms with van der Waals surface area (Å²) in [5.41, 5.74) is 9.16. The summed E-state index contributed by atoms with van der Waals surface area (Å²) in [6.45, 7) is 2.25. The highest BCUT2D eigenvalue weighted by Gasteiger charge is 2.25. The Bertz CT molecular complexity index is 394. The van der Waals surface area contributed by atoms with Crippen LogP contribution < -0.4 is 0 Å². The van der Waals surface area contributed by atoms with Gasteiger partial charge in [0.1, 0.15) is 5.82 Å². The van der Waals surface area contributed by atoms with E-state index in [0.29, 0.717) is 0 Å². The van der Waals surface area contributed by atoms with E-state index in [1.165, 1.54) is 12.1 Å². The smallest absolute Gasteiger partial charge is 0.123 e. The summed E-state index contributed by atoms with van der Waals surface area (Å²) in [6, 6.07) is 6.64. The zero-order valence-corrected chi connectivity index (χ0v) is 8.17. The number of azide groups is 1. The van der Waals surface area contributed by atoms with Crippen molar-refractivity contribution in [2.45, 2.75) is 12.6 Å². The number of likely N-dealkylation sites (tertiary alicyclic amines) is 1. The predicted octanol–water partition coefficient (Wildman–Crippen LogP) is 2.32. The second kappa shape index (κ2) is 4.29. The van der Waals surface area contributed by atoms with Crippen LogP contribution in [0, 0.1) is 5.82 Å². The van der Waals surface area contributed by atoms with Gasteiger partial charge in [-0.25, -0.2) is 4.39 Å². The molecule has 1 heterocycles. The standard InChI is InChI=1S/C10H11FN4/c11-9-3-1-2-8(4-9)5-15-6-10(7-15)13-14-12/h1-4,10H,5-7H2. The van der Waals surface area contributed by atoms with Crippen molar-refractivity contribution in [3.8, 4) is 0 Å². The first-order valence-electron chi connectivity index (χ1n) is 4.79. The van der Waals surface area contributed by atoms with Gasteiger partial charge in [-0.3, -0.25) is 4.90 Å².